The van der Waals surface area contributed by atoms with Crippen LogP contribution in [0.3, 0.4) is 0 Å². The van der Waals surface area contributed by atoms with Crippen LogP contribution in [0.1, 0.15) is 17.0 Å². The molecule has 1 saturated heterocycles. The van der Waals surface area contributed by atoms with Crippen molar-refractivity contribution in [1.82, 2.24) is 20.0 Å². The molecule has 4 rings (SSSR count). The van der Waals surface area contributed by atoms with Crippen molar-refractivity contribution in [3.05, 3.63) is 71.8 Å². The number of nitrogens with one attached hydrogen (secondary N) is 2. The summed E-state index contributed by atoms with van der Waals surface area (Å²) >= 11 is 0. The number of urea groups is 1. The summed E-state index contributed by atoms with van der Waals surface area (Å²) in [6, 6.07) is 16.9. The van der Waals surface area contributed by atoms with Gasteiger partial charge in [-0.1, -0.05) is 48.5 Å². The predicted octanol–water partition coefficient (Wildman–Crippen LogP) is 3.06. The number of halogens is 3. The van der Waals surface area contributed by atoms with Crippen LogP contribution in [0.5, 0.6) is 5.88 Å². The van der Waals surface area contributed by atoms with Crippen molar-refractivity contribution >= 4 is 11.8 Å². The van der Waals surface area contributed by atoms with Crippen molar-refractivity contribution < 1.29 is 32.9 Å². The second-order valence-corrected chi connectivity index (χ2v) is 9.20. The number of rotatable bonds is 9. The van der Waals surface area contributed by atoms with Crippen molar-refractivity contribution in [1.29, 1.82) is 0 Å². The van der Waals surface area contributed by atoms with Gasteiger partial charge in [0.25, 0.3) is 0 Å². The SMILES string of the molecule is Cc1c(OCC(O)CO)nn(-c2ccccc2)c1NC(=O)NC1CN(CC(F)(F)F)CC1c1ccccc1. The van der Waals surface area contributed by atoms with E-state index in [1.807, 2.05) is 36.4 Å². The number of carbonyl (C=O) groups excluding carboxylic acids is 1. The van der Waals surface area contributed by atoms with Crippen molar-refractivity contribution in [2.45, 2.75) is 31.2 Å². The van der Waals surface area contributed by atoms with Gasteiger partial charge in [0, 0.05) is 19.0 Å². The predicted molar refractivity (Wildman–Crippen MR) is 135 cm³/mol. The van der Waals surface area contributed by atoms with Gasteiger partial charge >= 0.3 is 12.2 Å². The van der Waals surface area contributed by atoms with Crippen LogP contribution in [0.25, 0.3) is 5.69 Å². The number of benzene rings is 2. The van der Waals surface area contributed by atoms with E-state index in [1.165, 1.54) is 9.58 Å². The number of alkyl halides is 3. The molecule has 2 amide bonds. The molecule has 3 unspecified atom stereocenters. The third kappa shape index (κ3) is 6.82. The van der Waals surface area contributed by atoms with E-state index in [9.17, 15) is 23.1 Å². The fourth-order valence-electron chi connectivity index (χ4n) is 4.51. The van der Waals surface area contributed by atoms with Crippen LogP contribution in [-0.2, 0) is 0 Å². The Morgan fingerprint density at radius 2 is 1.79 bits per heavy atom. The quantitative estimate of drug-likeness (QED) is 0.337. The van der Waals surface area contributed by atoms with Gasteiger partial charge in [-0.05, 0) is 24.6 Å². The van der Waals surface area contributed by atoms with Crippen LogP contribution < -0.4 is 15.4 Å². The van der Waals surface area contributed by atoms with E-state index in [-0.39, 0.29) is 31.5 Å². The molecule has 9 nitrogen and oxygen atoms in total. The van der Waals surface area contributed by atoms with Gasteiger partial charge < -0.3 is 20.3 Å². The number of aliphatic hydroxyl groups excluding tert-OH is 2. The average Bonchev–Trinajstić information content (AvgIpc) is 3.42. The molecule has 1 fully saturated rings. The third-order valence-electron chi connectivity index (χ3n) is 6.28. The van der Waals surface area contributed by atoms with Gasteiger partial charge in [0.2, 0.25) is 5.88 Å². The van der Waals surface area contributed by atoms with Crippen LogP contribution in [0.4, 0.5) is 23.8 Å². The highest BCUT2D eigenvalue weighted by Gasteiger charge is 2.40. The average molecular weight is 534 g/mol. The molecule has 4 N–H and O–H groups in total. The topological polar surface area (TPSA) is 112 Å². The number of likely N-dealkylation sites (tertiary alicyclic amines) is 1. The molecule has 204 valence electrons. The summed E-state index contributed by atoms with van der Waals surface area (Å²) < 4.78 is 46.4. The summed E-state index contributed by atoms with van der Waals surface area (Å²) in [5.41, 5.74) is 1.94. The number of hydrogen-bond acceptors (Lipinski definition) is 6. The second kappa shape index (κ2) is 11.8. The lowest BCUT2D eigenvalue weighted by Crippen LogP contribution is -2.43. The van der Waals surface area contributed by atoms with E-state index in [2.05, 4.69) is 15.7 Å². The van der Waals surface area contributed by atoms with E-state index in [1.54, 1.807) is 31.2 Å². The number of aliphatic hydroxyl groups is 2. The van der Waals surface area contributed by atoms with Crippen LogP contribution >= 0.6 is 0 Å². The molecule has 2 heterocycles. The molecule has 1 aliphatic heterocycles. The molecule has 12 heteroatoms. The first kappa shape index (κ1) is 27.4. The third-order valence-corrected chi connectivity index (χ3v) is 6.28. The summed E-state index contributed by atoms with van der Waals surface area (Å²) in [6.07, 6.45) is -5.45. The van der Waals surface area contributed by atoms with Gasteiger partial charge in [0.1, 0.15) is 18.5 Å². The number of hydrogen-bond donors (Lipinski definition) is 4. The van der Waals surface area contributed by atoms with Crippen molar-refractivity contribution in [2.75, 3.05) is 38.2 Å². The van der Waals surface area contributed by atoms with E-state index < -0.39 is 37.5 Å². The van der Waals surface area contributed by atoms with Gasteiger partial charge in [-0.2, -0.15) is 13.2 Å². The zero-order valence-corrected chi connectivity index (χ0v) is 20.7. The van der Waals surface area contributed by atoms with Crippen LogP contribution in [0, 0.1) is 6.92 Å². The van der Waals surface area contributed by atoms with Gasteiger partial charge in [-0.15, -0.1) is 5.10 Å². The summed E-state index contributed by atoms with van der Waals surface area (Å²) in [7, 11) is 0. The molecule has 3 atom stereocenters. The Labute approximate surface area is 217 Å². The maximum absolute atomic E-state index is 13.2. The summed E-state index contributed by atoms with van der Waals surface area (Å²) in [5, 5.41) is 28.8. The fraction of sp³-hybridized carbons (Fsp3) is 0.385. The van der Waals surface area contributed by atoms with Gasteiger partial charge in [-0.25, -0.2) is 9.48 Å². The molecule has 0 saturated carbocycles. The Morgan fingerprint density at radius 3 is 2.42 bits per heavy atom. The molecule has 0 radical (unpaired) electrons. The molecular formula is C26H30F3N5O4. The van der Waals surface area contributed by atoms with E-state index in [0.717, 1.165) is 5.56 Å². The number of anilines is 1. The minimum atomic E-state index is -4.35. The Balaban J connectivity index is 1.55. The Bertz CT molecular complexity index is 1210. The van der Waals surface area contributed by atoms with Crippen molar-refractivity contribution in [3.8, 4) is 11.6 Å². The molecular weight excluding hydrogens is 503 g/mol. The maximum atomic E-state index is 13.2. The smallest absolute Gasteiger partial charge is 0.401 e. The Kier molecular flexibility index (Phi) is 8.55. The number of aromatic nitrogens is 2. The Morgan fingerprint density at radius 1 is 1.13 bits per heavy atom. The fourth-order valence-corrected chi connectivity index (χ4v) is 4.51. The van der Waals surface area contributed by atoms with Crippen LogP contribution in [0.15, 0.2) is 60.7 Å². The maximum Gasteiger partial charge on any atom is 0.401 e. The van der Waals surface area contributed by atoms with Crippen LogP contribution in [-0.4, -0.2) is 82.1 Å². The highest BCUT2D eigenvalue weighted by atomic mass is 19.4. The molecule has 0 bridgehead atoms. The Hall–Kier alpha value is -3.61. The zero-order chi connectivity index (χ0) is 27.3. The first-order valence-corrected chi connectivity index (χ1v) is 12.1. The normalized spacial score (nSPS) is 18.8. The van der Waals surface area contributed by atoms with E-state index in [0.29, 0.717) is 17.1 Å². The number of ether oxygens (including phenoxy) is 1. The molecule has 2 aromatic carbocycles. The first-order valence-electron chi connectivity index (χ1n) is 12.1. The largest absolute Gasteiger partial charge is 0.474 e. The molecule has 3 aromatic rings. The molecule has 1 aliphatic rings. The molecule has 0 aliphatic carbocycles. The van der Waals surface area contributed by atoms with Gasteiger partial charge in [0.15, 0.2) is 0 Å². The highest BCUT2D eigenvalue weighted by Crippen LogP contribution is 2.31. The number of amides is 2. The molecule has 38 heavy (non-hydrogen) atoms. The highest BCUT2D eigenvalue weighted by molar-refractivity contribution is 5.90. The summed E-state index contributed by atoms with van der Waals surface area (Å²) in [5.74, 6) is 0.114. The van der Waals surface area contributed by atoms with E-state index in [4.69, 9.17) is 9.84 Å². The summed E-state index contributed by atoms with van der Waals surface area (Å²) in [4.78, 5) is 14.5. The molecule has 1 aromatic heterocycles. The lowest BCUT2D eigenvalue weighted by atomic mass is 9.94. The zero-order valence-electron chi connectivity index (χ0n) is 20.7. The number of nitrogens with zero attached hydrogens (tertiary/aromatic N) is 3. The second-order valence-electron chi connectivity index (χ2n) is 9.20. The standard InChI is InChI=1S/C26H30F3N5O4/c1-17-23(34(19-10-6-3-7-11-19)32-24(17)38-15-20(36)14-35)31-25(37)30-22-13-33(16-26(27,28)29)12-21(22)18-8-4-2-5-9-18/h2-11,20-22,35-36H,12-16H2,1H3,(H2,30,31,37). The van der Waals surface area contributed by atoms with Crippen molar-refractivity contribution in [3.63, 3.8) is 0 Å². The van der Waals surface area contributed by atoms with Crippen molar-refractivity contribution in [2.24, 2.45) is 0 Å². The van der Waals surface area contributed by atoms with Gasteiger partial charge in [0.05, 0.1) is 30.4 Å². The summed E-state index contributed by atoms with van der Waals surface area (Å²) in [6.45, 7) is 0.121. The van der Waals surface area contributed by atoms with Crippen LogP contribution in [0.2, 0.25) is 0 Å². The van der Waals surface area contributed by atoms with E-state index >= 15 is 0 Å². The first-order chi connectivity index (χ1) is 18.1. The minimum Gasteiger partial charge on any atom is -0.474 e. The molecule has 0 spiro atoms. The van der Waals surface area contributed by atoms with Gasteiger partial charge in [-0.3, -0.25) is 10.2 Å². The lowest BCUT2D eigenvalue weighted by Gasteiger charge is -2.21. The number of para-hydroxylation sites is 1. The monoisotopic (exact) mass is 533 g/mol. The minimum absolute atomic E-state index is 0.0385. The lowest BCUT2D eigenvalue weighted by molar-refractivity contribution is -0.143. The number of carbonyl (C=O) groups is 1.